The van der Waals surface area contributed by atoms with Crippen LogP contribution in [0.1, 0.15) is 30.7 Å². The molecule has 1 fully saturated rings. The average molecular weight is 223 g/mol. The molecule has 2 nitrogen and oxygen atoms in total. The van der Waals surface area contributed by atoms with Gasteiger partial charge < -0.3 is 10.8 Å². The highest BCUT2D eigenvalue weighted by molar-refractivity contribution is 5.22. The Morgan fingerprint density at radius 1 is 1.44 bits per heavy atom. The lowest BCUT2D eigenvalue weighted by Crippen LogP contribution is -2.26. The van der Waals surface area contributed by atoms with Crippen LogP contribution >= 0.6 is 0 Å². The molecule has 2 rings (SSSR count). The van der Waals surface area contributed by atoms with E-state index >= 15 is 0 Å². The summed E-state index contributed by atoms with van der Waals surface area (Å²) in [5.41, 5.74) is 6.47. The fourth-order valence-corrected chi connectivity index (χ4v) is 2.11. The molecule has 0 aromatic heterocycles. The molecule has 1 aromatic rings. The van der Waals surface area contributed by atoms with Crippen LogP contribution in [0.2, 0.25) is 0 Å². The number of aliphatic hydroxyl groups is 1. The Bertz CT molecular complexity index is 352. The largest absolute Gasteiger partial charge is 0.392 e. The van der Waals surface area contributed by atoms with E-state index in [2.05, 4.69) is 0 Å². The third-order valence-corrected chi connectivity index (χ3v) is 3.27. The number of aliphatic hydroxyl groups excluding tert-OH is 1. The number of halogens is 1. The topological polar surface area (TPSA) is 46.2 Å². The first-order valence-electron chi connectivity index (χ1n) is 5.84. The van der Waals surface area contributed by atoms with Crippen molar-refractivity contribution in [1.29, 1.82) is 0 Å². The van der Waals surface area contributed by atoms with E-state index in [1.54, 1.807) is 6.07 Å². The molecule has 16 heavy (non-hydrogen) atoms. The van der Waals surface area contributed by atoms with Crippen LogP contribution in [-0.2, 0) is 0 Å². The molecule has 2 atom stereocenters. The zero-order valence-electron chi connectivity index (χ0n) is 9.27. The Labute approximate surface area is 95.3 Å². The van der Waals surface area contributed by atoms with E-state index in [-0.39, 0.29) is 11.7 Å². The Hall–Kier alpha value is -0.930. The number of hydrogen-bond acceptors (Lipinski definition) is 2. The molecule has 3 heteroatoms. The monoisotopic (exact) mass is 223 g/mol. The fraction of sp³-hybridized carbons (Fsp3) is 0.538. The van der Waals surface area contributed by atoms with E-state index < -0.39 is 6.10 Å². The fourth-order valence-electron chi connectivity index (χ4n) is 2.11. The van der Waals surface area contributed by atoms with Crippen LogP contribution < -0.4 is 5.73 Å². The molecule has 0 aliphatic heterocycles. The number of benzene rings is 1. The van der Waals surface area contributed by atoms with E-state index in [4.69, 9.17) is 5.73 Å². The maximum absolute atomic E-state index is 13.1. The van der Waals surface area contributed by atoms with Gasteiger partial charge in [-0.25, -0.2) is 4.39 Å². The van der Waals surface area contributed by atoms with Crippen molar-refractivity contribution >= 4 is 0 Å². The molecule has 1 aromatic carbocycles. The number of rotatable bonds is 5. The van der Waals surface area contributed by atoms with Gasteiger partial charge in [-0.2, -0.15) is 0 Å². The van der Waals surface area contributed by atoms with E-state index in [1.807, 2.05) is 6.07 Å². The predicted molar refractivity (Wildman–Crippen MR) is 61.5 cm³/mol. The van der Waals surface area contributed by atoms with Gasteiger partial charge in [-0.05, 0) is 30.0 Å². The van der Waals surface area contributed by atoms with Crippen molar-refractivity contribution < 1.29 is 9.50 Å². The SMILES string of the molecule is NCC(c1cccc(F)c1)C(O)CC1CC1. The molecule has 1 saturated carbocycles. The highest BCUT2D eigenvalue weighted by Crippen LogP contribution is 2.36. The molecule has 0 amide bonds. The van der Waals surface area contributed by atoms with Crippen molar-refractivity contribution in [1.82, 2.24) is 0 Å². The zero-order chi connectivity index (χ0) is 11.5. The van der Waals surface area contributed by atoms with Gasteiger partial charge in [-0.15, -0.1) is 0 Å². The molecule has 0 saturated heterocycles. The van der Waals surface area contributed by atoms with Crippen LogP contribution in [0.4, 0.5) is 4.39 Å². The van der Waals surface area contributed by atoms with E-state index in [0.717, 1.165) is 12.0 Å². The summed E-state index contributed by atoms with van der Waals surface area (Å²) in [6.07, 6.45) is 2.76. The van der Waals surface area contributed by atoms with E-state index in [1.165, 1.54) is 25.0 Å². The second kappa shape index (κ2) is 4.93. The molecule has 1 aliphatic carbocycles. The maximum Gasteiger partial charge on any atom is 0.123 e. The molecule has 0 spiro atoms. The summed E-state index contributed by atoms with van der Waals surface area (Å²) in [6.45, 7) is 0.358. The molecule has 3 N–H and O–H groups in total. The van der Waals surface area contributed by atoms with Crippen molar-refractivity contribution in [3.63, 3.8) is 0 Å². The van der Waals surface area contributed by atoms with Crippen molar-refractivity contribution in [3.8, 4) is 0 Å². The second-order valence-corrected chi connectivity index (χ2v) is 4.64. The highest BCUT2D eigenvalue weighted by atomic mass is 19.1. The van der Waals surface area contributed by atoms with Crippen molar-refractivity contribution in [3.05, 3.63) is 35.6 Å². The van der Waals surface area contributed by atoms with Gasteiger partial charge in [0.05, 0.1) is 6.10 Å². The zero-order valence-corrected chi connectivity index (χ0v) is 9.27. The molecule has 0 heterocycles. The minimum absolute atomic E-state index is 0.142. The minimum atomic E-state index is -0.445. The van der Waals surface area contributed by atoms with Crippen molar-refractivity contribution in [2.45, 2.75) is 31.3 Å². The minimum Gasteiger partial charge on any atom is -0.392 e. The number of hydrogen-bond donors (Lipinski definition) is 2. The van der Waals surface area contributed by atoms with Crippen LogP contribution in [-0.4, -0.2) is 17.8 Å². The second-order valence-electron chi connectivity index (χ2n) is 4.64. The Morgan fingerprint density at radius 2 is 2.19 bits per heavy atom. The predicted octanol–water partition coefficient (Wildman–Crippen LogP) is 2.03. The van der Waals surface area contributed by atoms with Gasteiger partial charge in [0.15, 0.2) is 0 Å². The van der Waals surface area contributed by atoms with Crippen LogP contribution in [0.15, 0.2) is 24.3 Å². The average Bonchev–Trinajstić information content (AvgIpc) is 3.03. The maximum atomic E-state index is 13.1. The van der Waals surface area contributed by atoms with Gasteiger partial charge in [-0.1, -0.05) is 25.0 Å². The number of nitrogens with two attached hydrogens (primary N) is 1. The molecule has 1 aliphatic rings. The first-order valence-corrected chi connectivity index (χ1v) is 5.84. The molecular weight excluding hydrogens is 205 g/mol. The summed E-state index contributed by atoms with van der Waals surface area (Å²) in [5.74, 6) is 0.239. The normalized spacial score (nSPS) is 19.4. The van der Waals surface area contributed by atoms with Crippen molar-refractivity contribution in [2.24, 2.45) is 11.7 Å². The lowest BCUT2D eigenvalue weighted by molar-refractivity contribution is 0.129. The Morgan fingerprint density at radius 3 is 2.75 bits per heavy atom. The first-order chi connectivity index (χ1) is 7.70. The summed E-state index contributed by atoms with van der Waals surface area (Å²) in [7, 11) is 0. The van der Waals surface area contributed by atoms with Crippen LogP contribution in [0, 0.1) is 11.7 Å². The molecule has 0 bridgehead atoms. The Kier molecular flexibility index (Phi) is 3.56. The standard InChI is InChI=1S/C13H18FNO/c14-11-3-1-2-10(7-11)12(8-15)13(16)6-9-4-5-9/h1-3,7,9,12-13,16H,4-6,8,15H2. The van der Waals surface area contributed by atoms with Gasteiger partial charge in [0, 0.05) is 12.5 Å². The Balaban J connectivity index is 2.07. The van der Waals surface area contributed by atoms with Gasteiger partial charge in [0.1, 0.15) is 5.82 Å². The van der Waals surface area contributed by atoms with Crippen molar-refractivity contribution in [2.75, 3.05) is 6.54 Å². The lowest BCUT2D eigenvalue weighted by Gasteiger charge is -2.21. The van der Waals surface area contributed by atoms with E-state index in [9.17, 15) is 9.50 Å². The molecule has 2 unspecified atom stereocenters. The third-order valence-electron chi connectivity index (χ3n) is 3.27. The van der Waals surface area contributed by atoms with E-state index in [0.29, 0.717) is 12.5 Å². The van der Waals surface area contributed by atoms with Crippen LogP contribution in [0.5, 0.6) is 0 Å². The van der Waals surface area contributed by atoms with Crippen LogP contribution in [0.3, 0.4) is 0 Å². The van der Waals surface area contributed by atoms with Gasteiger partial charge in [0.25, 0.3) is 0 Å². The summed E-state index contributed by atoms with van der Waals surface area (Å²) in [6, 6.07) is 6.37. The quantitative estimate of drug-likeness (QED) is 0.802. The van der Waals surface area contributed by atoms with Gasteiger partial charge >= 0.3 is 0 Å². The van der Waals surface area contributed by atoms with Crippen LogP contribution in [0.25, 0.3) is 0 Å². The summed E-state index contributed by atoms with van der Waals surface area (Å²) in [4.78, 5) is 0. The summed E-state index contributed by atoms with van der Waals surface area (Å²) >= 11 is 0. The lowest BCUT2D eigenvalue weighted by atomic mass is 9.90. The molecular formula is C13H18FNO. The smallest absolute Gasteiger partial charge is 0.123 e. The van der Waals surface area contributed by atoms with Gasteiger partial charge in [-0.3, -0.25) is 0 Å². The molecule has 0 radical (unpaired) electrons. The molecule has 88 valence electrons. The first kappa shape index (κ1) is 11.6. The third kappa shape index (κ3) is 2.80. The highest BCUT2D eigenvalue weighted by Gasteiger charge is 2.29. The van der Waals surface area contributed by atoms with Gasteiger partial charge in [0.2, 0.25) is 0 Å². The summed E-state index contributed by atoms with van der Waals surface area (Å²) < 4.78 is 13.1. The summed E-state index contributed by atoms with van der Waals surface area (Å²) in [5, 5.41) is 10.1.